The lowest BCUT2D eigenvalue weighted by molar-refractivity contribution is -0.157. The van der Waals surface area contributed by atoms with Crippen LogP contribution in [0.4, 0.5) is 0 Å². The highest BCUT2D eigenvalue weighted by Crippen LogP contribution is 2.42. The van der Waals surface area contributed by atoms with Gasteiger partial charge < -0.3 is 9.84 Å². The minimum Gasteiger partial charge on any atom is -0.508 e. The van der Waals surface area contributed by atoms with Crippen LogP contribution in [0.3, 0.4) is 0 Å². The molecule has 1 fully saturated rings. The van der Waals surface area contributed by atoms with Gasteiger partial charge in [-0.25, -0.2) is 0 Å². The highest BCUT2D eigenvalue weighted by atomic mass is 16.6. The maximum Gasteiger partial charge on any atom is 0.303 e. The molecule has 0 bridgehead atoms. The van der Waals surface area contributed by atoms with Crippen molar-refractivity contribution < 1.29 is 14.6 Å². The predicted molar refractivity (Wildman–Crippen MR) is 60.0 cm³/mol. The first-order valence-corrected chi connectivity index (χ1v) is 5.61. The Balaban J connectivity index is 2.31. The summed E-state index contributed by atoms with van der Waals surface area (Å²) in [6, 6.07) is 6.95. The summed E-state index contributed by atoms with van der Waals surface area (Å²) in [5, 5.41) is 9.26. The number of aromatic hydroxyl groups is 1. The molecule has 1 N–H and O–H groups in total. The van der Waals surface area contributed by atoms with Gasteiger partial charge in [0.1, 0.15) is 11.4 Å². The number of phenolic OH excluding ortho intramolecular Hbond substituents is 1. The van der Waals surface area contributed by atoms with Crippen molar-refractivity contribution in [3.05, 3.63) is 29.8 Å². The van der Waals surface area contributed by atoms with E-state index < -0.39 is 5.60 Å². The van der Waals surface area contributed by atoms with Crippen LogP contribution in [-0.2, 0) is 15.1 Å². The van der Waals surface area contributed by atoms with Gasteiger partial charge in [-0.2, -0.15) is 0 Å². The number of phenols is 1. The maximum atomic E-state index is 11.2. The molecule has 86 valence electrons. The molecule has 0 aromatic heterocycles. The predicted octanol–water partition coefficient (Wildman–Crippen LogP) is 2.72. The van der Waals surface area contributed by atoms with E-state index in [9.17, 15) is 9.90 Å². The third-order valence-electron chi connectivity index (χ3n) is 3.14. The Morgan fingerprint density at radius 2 is 1.81 bits per heavy atom. The summed E-state index contributed by atoms with van der Waals surface area (Å²) in [4.78, 5) is 11.2. The van der Waals surface area contributed by atoms with Crippen LogP contribution in [0.15, 0.2) is 24.3 Å². The topological polar surface area (TPSA) is 46.5 Å². The largest absolute Gasteiger partial charge is 0.508 e. The van der Waals surface area contributed by atoms with E-state index in [1.807, 2.05) is 12.1 Å². The van der Waals surface area contributed by atoms with Gasteiger partial charge in [-0.05, 0) is 43.4 Å². The number of hydrogen-bond donors (Lipinski definition) is 1. The molecule has 0 radical (unpaired) electrons. The molecule has 0 saturated heterocycles. The van der Waals surface area contributed by atoms with E-state index >= 15 is 0 Å². The van der Waals surface area contributed by atoms with Gasteiger partial charge in [0.15, 0.2) is 0 Å². The monoisotopic (exact) mass is 220 g/mol. The summed E-state index contributed by atoms with van der Waals surface area (Å²) in [5.74, 6) is -0.00491. The number of benzene rings is 1. The standard InChI is InChI=1S/C13H16O3/c1-10(14)16-13(8-2-3-9-13)11-4-6-12(15)7-5-11/h4-7,15H,2-3,8-9H2,1H3. The van der Waals surface area contributed by atoms with E-state index in [4.69, 9.17) is 4.74 Å². The van der Waals surface area contributed by atoms with Gasteiger partial charge in [-0.1, -0.05) is 12.1 Å². The minimum atomic E-state index is -0.459. The summed E-state index contributed by atoms with van der Waals surface area (Å²) >= 11 is 0. The van der Waals surface area contributed by atoms with Crippen molar-refractivity contribution in [2.24, 2.45) is 0 Å². The number of esters is 1. The van der Waals surface area contributed by atoms with Crippen molar-refractivity contribution in [1.29, 1.82) is 0 Å². The van der Waals surface area contributed by atoms with E-state index in [0.29, 0.717) is 0 Å². The second-order valence-corrected chi connectivity index (χ2v) is 4.34. The quantitative estimate of drug-likeness (QED) is 0.779. The Kier molecular flexibility index (Phi) is 2.86. The van der Waals surface area contributed by atoms with Crippen LogP contribution < -0.4 is 0 Å². The molecular weight excluding hydrogens is 204 g/mol. The van der Waals surface area contributed by atoms with Crippen molar-refractivity contribution in [3.63, 3.8) is 0 Å². The van der Waals surface area contributed by atoms with E-state index in [1.165, 1.54) is 6.92 Å². The van der Waals surface area contributed by atoms with Gasteiger partial charge in [-0.15, -0.1) is 0 Å². The van der Waals surface area contributed by atoms with Crippen LogP contribution in [0.1, 0.15) is 38.2 Å². The number of carbonyl (C=O) groups excluding carboxylic acids is 1. The van der Waals surface area contributed by atoms with Gasteiger partial charge in [0.05, 0.1) is 0 Å². The van der Waals surface area contributed by atoms with Crippen LogP contribution in [0.5, 0.6) is 5.75 Å². The summed E-state index contributed by atoms with van der Waals surface area (Å²) < 4.78 is 5.50. The molecule has 3 nitrogen and oxygen atoms in total. The first kappa shape index (κ1) is 11.0. The number of ether oxygens (including phenoxy) is 1. The van der Waals surface area contributed by atoms with Crippen molar-refractivity contribution in [3.8, 4) is 5.75 Å². The Hall–Kier alpha value is -1.51. The molecule has 0 amide bonds. The molecule has 0 heterocycles. The van der Waals surface area contributed by atoms with Crippen LogP contribution in [0.25, 0.3) is 0 Å². The van der Waals surface area contributed by atoms with Gasteiger partial charge >= 0.3 is 5.97 Å². The molecule has 1 aliphatic carbocycles. The summed E-state index contributed by atoms with van der Waals surface area (Å²) in [6.45, 7) is 1.44. The Labute approximate surface area is 95.0 Å². The normalized spacial score (nSPS) is 18.3. The van der Waals surface area contributed by atoms with Crippen LogP contribution in [0.2, 0.25) is 0 Å². The highest BCUT2D eigenvalue weighted by molar-refractivity contribution is 5.67. The van der Waals surface area contributed by atoms with E-state index in [2.05, 4.69) is 0 Å². The van der Waals surface area contributed by atoms with Crippen LogP contribution >= 0.6 is 0 Å². The minimum absolute atomic E-state index is 0.236. The lowest BCUT2D eigenvalue weighted by Gasteiger charge is -2.29. The zero-order valence-corrected chi connectivity index (χ0v) is 9.40. The lowest BCUT2D eigenvalue weighted by atomic mass is 9.92. The number of rotatable bonds is 2. The zero-order valence-electron chi connectivity index (χ0n) is 9.40. The highest BCUT2D eigenvalue weighted by Gasteiger charge is 2.38. The van der Waals surface area contributed by atoms with E-state index in [1.54, 1.807) is 12.1 Å². The van der Waals surface area contributed by atoms with Crippen molar-refractivity contribution in [1.82, 2.24) is 0 Å². The fourth-order valence-electron chi connectivity index (χ4n) is 2.44. The molecular formula is C13H16O3. The average molecular weight is 220 g/mol. The van der Waals surface area contributed by atoms with Crippen LogP contribution in [0, 0.1) is 0 Å². The lowest BCUT2D eigenvalue weighted by Crippen LogP contribution is -2.28. The SMILES string of the molecule is CC(=O)OC1(c2ccc(O)cc2)CCCC1. The van der Waals surface area contributed by atoms with Crippen molar-refractivity contribution >= 4 is 5.97 Å². The van der Waals surface area contributed by atoms with E-state index in [0.717, 1.165) is 31.2 Å². The molecule has 0 atom stereocenters. The van der Waals surface area contributed by atoms with Gasteiger partial charge in [0, 0.05) is 6.92 Å². The fourth-order valence-corrected chi connectivity index (χ4v) is 2.44. The van der Waals surface area contributed by atoms with Gasteiger partial charge in [0.2, 0.25) is 0 Å². The molecule has 0 unspecified atom stereocenters. The molecule has 1 aliphatic rings. The molecule has 0 spiro atoms. The third-order valence-corrected chi connectivity index (χ3v) is 3.14. The zero-order chi connectivity index (χ0) is 11.6. The molecule has 1 saturated carbocycles. The average Bonchev–Trinajstić information content (AvgIpc) is 2.67. The molecule has 3 heteroatoms. The molecule has 0 aliphatic heterocycles. The van der Waals surface area contributed by atoms with Crippen LogP contribution in [-0.4, -0.2) is 11.1 Å². The maximum absolute atomic E-state index is 11.2. The molecule has 1 aromatic carbocycles. The first-order valence-electron chi connectivity index (χ1n) is 5.61. The van der Waals surface area contributed by atoms with E-state index in [-0.39, 0.29) is 11.7 Å². The van der Waals surface area contributed by atoms with Crippen molar-refractivity contribution in [2.45, 2.75) is 38.2 Å². The van der Waals surface area contributed by atoms with Gasteiger partial charge in [0.25, 0.3) is 0 Å². The second kappa shape index (κ2) is 4.16. The Bertz CT molecular complexity index is 375. The third kappa shape index (κ3) is 2.03. The Morgan fingerprint density at radius 3 is 2.31 bits per heavy atom. The van der Waals surface area contributed by atoms with Crippen molar-refractivity contribution in [2.75, 3.05) is 0 Å². The number of hydrogen-bond acceptors (Lipinski definition) is 3. The molecule has 1 aromatic rings. The summed E-state index contributed by atoms with van der Waals surface area (Å²) in [5.41, 5.74) is 0.525. The summed E-state index contributed by atoms with van der Waals surface area (Å²) in [7, 11) is 0. The smallest absolute Gasteiger partial charge is 0.303 e. The summed E-state index contributed by atoms with van der Waals surface area (Å²) in [6.07, 6.45) is 3.90. The second-order valence-electron chi connectivity index (χ2n) is 4.34. The fraction of sp³-hybridized carbons (Fsp3) is 0.462. The van der Waals surface area contributed by atoms with Gasteiger partial charge in [-0.3, -0.25) is 4.79 Å². The Morgan fingerprint density at radius 1 is 1.25 bits per heavy atom. The number of carbonyl (C=O) groups is 1. The first-order chi connectivity index (χ1) is 7.62. The molecule has 16 heavy (non-hydrogen) atoms. The molecule has 2 rings (SSSR count).